The van der Waals surface area contributed by atoms with Crippen LogP contribution < -0.4 is 10.7 Å². The topological polar surface area (TPSA) is 24.7 Å². The van der Waals surface area contributed by atoms with Gasteiger partial charge in [0, 0.05) is 0 Å². The van der Waals surface area contributed by atoms with Gasteiger partial charge < -0.3 is 0 Å². The third-order valence-electron chi connectivity index (χ3n) is 2.53. The molecule has 1 heterocycles. The van der Waals surface area contributed by atoms with Gasteiger partial charge in [-0.25, -0.2) is 4.99 Å². The van der Waals surface area contributed by atoms with Gasteiger partial charge in [-0.15, -0.1) is 0 Å². The van der Waals surface area contributed by atoms with Crippen molar-refractivity contribution in [3.63, 3.8) is 0 Å². The summed E-state index contributed by atoms with van der Waals surface area (Å²) in [7, 11) is 0. The molecular formula is C13H10N2. The monoisotopic (exact) mass is 194 g/mol. The normalized spacial score (nSPS) is 12.8. The van der Waals surface area contributed by atoms with Crippen LogP contribution in [0.4, 0.5) is 5.69 Å². The average Bonchev–Trinajstić information content (AvgIpc) is 2.48. The van der Waals surface area contributed by atoms with E-state index in [2.05, 4.69) is 16.1 Å². The first-order valence-corrected chi connectivity index (χ1v) is 5.00. The van der Waals surface area contributed by atoms with Gasteiger partial charge >= 0.3 is 0 Å². The second-order valence-corrected chi connectivity index (χ2v) is 3.55. The Morgan fingerprint density at radius 3 is 2.47 bits per heavy atom. The Morgan fingerprint density at radius 1 is 0.800 bits per heavy atom. The van der Waals surface area contributed by atoms with E-state index in [4.69, 9.17) is 0 Å². The Balaban J connectivity index is 2.36. The van der Waals surface area contributed by atoms with Gasteiger partial charge in [0.25, 0.3) is 0 Å². The first kappa shape index (κ1) is 8.36. The third-order valence-corrected chi connectivity index (χ3v) is 2.53. The van der Waals surface area contributed by atoms with E-state index in [0.29, 0.717) is 0 Å². The van der Waals surface area contributed by atoms with Crippen molar-refractivity contribution in [3.05, 3.63) is 64.8 Å². The van der Waals surface area contributed by atoms with E-state index in [9.17, 15) is 0 Å². The first-order chi connectivity index (χ1) is 7.43. The predicted molar refractivity (Wildman–Crippen MR) is 58.6 cm³/mol. The number of benzene rings is 2. The SMILES string of the molecule is c1ccc2c(c1)CN=c1ccccc1=N2. The zero-order valence-electron chi connectivity index (χ0n) is 8.22. The summed E-state index contributed by atoms with van der Waals surface area (Å²) in [5, 5.41) is 1.94. The Hall–Kier alpha value is -1.96. The maximum absolute atomic E-state index is 4.61. The molecule has 0 spiro atoms. The van der Waals surface area contributed by atoms with Crippen LogP contribution in [0.3, 0.4) is 0 Å². The molecule has 3 rings (SSSR count). The molecule has 0 bridgehead atoms. The Labute approximate surface area is 87.6 Å². The molecule has 1 aliphatic rings. The molecule has 0 fully saturated rings. The van der Waals surface area contributed by atoms with Crippen LogP contribution in [-0.4, -0.2) is 0 Å². The van der Waals surface area contributed by atoms with E-state index in [1.165, 1.54) is 5.56 Å². The summed E-state index contributed by atoms with van der Waals surface area (Å²) >= 11 is 0. The number of rotatable bonds is 0. The summed E-state index contributed by atoms with van der Waals surface area (Å²) in [6.07, 6.45) is 0. The van der Waals surface area contributed by atoms with Gasteiger partial charge in [0.05, 0.1) is 22.9 Å². The quantitative estimate of drug-likeness (QED) is 0.610. The second kappa shape index (κ2) is 3.31. The lowest BCUT2D eigenvalue weighted by Gasteiger charge is -1.98. The Bertz CT molecular complexity index is 614. The van der Waals surface area contributed by atoms with E-state index >= 15 is 0 Å². The fraction of sp³-hybridized carbons (Fsp3) is 0.0769. The number of nitrogens with zero attached hydrogens (tertiary/aromatic N) is 2. The van der Waals surface area contributed by atoms with Crippen LogP contribution in [0.15, 0.2) is 58.5 Å². The minimum Gasteiger partial charge on any atom is -0.278 e. The van der Waals surface area contributed by atoms with Crippen LogP contribution in [0.1, 0.15) is 5.56 Å². The third kappa shape index (κ3) is 1.44. The molecule has 72 valence electrons. The standard InChI is InChI=1S/C13H10N2/c1-2-6-11-10(5-1)9-14-12-7-3-4-8-13(12)15-11/h1-8H,9H2. The molecule has 0 amide bonds. The molecule has 0 saturated carbocycles. The summed E-state index contributed by atoms with van der Waals surface area (Å²) in [6.45, 7) is 0.719. The highest BCUT2D eigenvalue weighted by Crippen LogP contribution is 2.18. The molecule has 0 unspecified atom stereocenters. The molecule has 0 aromatic heterocycles. The zero-order valence-corrected chi connectivity index (χ0v) is 8.22. The summed E-state index contributed by atoms with van der Waals surface area (Å²) in [5.41, 5.74) is 2.22. The molecule has 2 nitrogen and oxygen atoms in total. The minimum absolute atomic E-state index is 0.719. The smallest absolute Gasteiger partial charge is 0.0889 e. The summed E-state index contributed by atoms with van der Waals surface area (Å²) < 4.78 is 0. The summed E-state index contributed by atoms with van der Waals surface area (Å²) in [6, 6.07) is 16.1. The largest absolute Gasteiger partial charge is 0.278 e. The van der Waals surface area contributed by atoms with Crippen molar-refractivity contribution in [2.75, 3.05) is 0 Å². The summed E-state index contributed by atoms with van der Waals surface area (Å²) in [5.74, 6) is 0. The van der Waals surface area contributed by atoms with Gasteiger partial charge in [0.2, 0.25) is 0 Å². The minimum atomic E-state index is 0.719. The molecular weight excluding hydrogens is 184 g/mol. The molecule has 0 atom stereocenters. The van der Waals surface area contributed by atoms with Crippen LogP contribution in [-0.2, 0) is 6.54 Å². The number of hydrogen-bond donors (Lipinski definition) is 0. The van der Waals surface area contributed by atoms with Gasteiger partial charge in [-0.05, 0) is 23.8 Å². The second-order valence-electron chi connectivity index (χ2n) is 3.55. The van der Waals surface area contributed by atoms with Gasteiger partial charge in [-0.1, -0.05) is 30.3 Å². The molecule has 15 heavy (non-hydrogen) atoms. The van der Waals surface area contributed by atoms with Gasteiger partial charge in [0.15, 0.2) is 0 Å². The molecule has 2 aromatic carbocycles. The molecule has 0 saturated heterocycles. The lowest BCUT2D eigenvalue weighted by atomic mass is 10.2. The fourth-order valence-electron chi connectivity index (χ4n) is 1.75. The number of hydrogen-bond acceptors (Lipinski definition) is 2. The lowest BCUT2D eigenvalue weighted by Crippen LogP contribution is -2.23. The highest BCUT2D eigenvalue weighted by molar-refractivity contribution is 5.46. The van der Waals surface area contributed by atoms with Gasteiger partial charge in [-0.2, -0.15) is 0 Å². The molecule has 0 N–H and O–H groups in total. The van der Waals surface area contributed by atoms with Crippen molar-refractivity contribution < 1.29 is 0 Å². The maximum atomic E-state index is 4.61. The van der Waals surface area contributed by atoms with Crippen molar-refractivity contribution >= 4 is 5.69 Å². The number of fused-ring (bicyclic) bond motifs is 2. The van der Waals surface area contributed by atoms with E-state index in [-0.39, 0.29) is 0 Å². The van der Waals surface area contributed by atoms with Crippen molar-refractivity contribution in [2.45, 2.75) is 6.54 Å². The van der Waals surface area contributed by atoms with Crippen LogP contribution in [0.2, 0.25) is 0 Å². The predicted octanol–water partition coefficient (Wildman–Crippen LogP) is 1.77. The van der Waals surface area contributed by atoms with E-state index in [1.807, 2.05) is 42.5 Å². The van der Waals surface area contributed by atoms with Crippen LogP contribution >= 0.6 is 0 Å². The maximum Gasteiger partial charge on any atom is 0.0889 e. The fourth-order valence-corrected chi connectivity index (χ4v) is 1.75. The molecule has 2 aromatic rings. The molecule has 0 aliphatic carbocycles. The molecule has 1 aliphatic heterocycles. The lowest BCUT2D eigenvalue weighted by molar-refractivity contribution is 1.02. The molecule has 2 heteroatoms. The van der Waals surface area contributed by atoms with Crippen molar-refractivity contribution in [1.29, 1.82) is 0 Å². The van der Waals surface area contributed by atoms with Crippen LogP contribution in [0.5, 0.6) is 0 Å². The van der Waals surface area contributed by atoms with Crippen molar-refractivity contribution in [2.24, 2.45) is 9.98 Å². The van der Waals surface area contributed by atoms with E-state index < -0.39 is 0 Å². The van der Waals surface area contributed by atoms with Crippen molar-refractivity contribution in [3.8, 4) is 0 Å². The average molecular weight is 194 g/mol. The van der Waals surface area contributed by atoms with E-state index in [0.717, 1.165) is 22.9 Å². The van der Waals surface area contributed by atoms with Gasteiger partial charge in [-0.3, -0.25) is 4.99 Å². The molecule has 0 radical (unpaired) electrons. The highest BCUT2D eigenvalue weighted by Gasteiger charge is 2.02. The zero-order chi connectivity index (χ0) is 10.1. The highest BCUT2D eigenvalue weighted by atomic mass is 14.8. The Morgan fingerprint density at radius 2 is 1.53 bits per heavy atom. The van der Waals surface area contributed by atoms with Crippen LogP contribution in [0, 0.1) is 0 Å². The van der Waals surface area contributed by atoms with Crippen molar-refractivity contribution in [1.82, 2.24) is 0 Å². The summed E-state index contributed by atoms with van der Waals surface area (Å²) in [4.78, 5) is 9.14. The van der Waals surface area contributed by atoms with Gasteiger partial charge in [0.1, 0.15) is 0 Å². The number of para-hydroxylation sites is 3. The first-order valence-electron chi connectivity index (χ1n) is 5.00. The van der Waals surface area contributed by atoms with Crippen LogP contribution in [0.25, 0.3) is 0 Å². The Kier molecular flexibility index (Phi) is 1.85. The van der Waals surface area contributed by atoms with E-state index in [1.54, 1.807) is 0 Å².